The number of hydrogen-bond acceptors (Lipinski definition) is 3. The van der Waals surface area contributed by atoms with Crippen molar-refractivity contribution in [2.24, 2.45) is 0 Å². The molecule has 1 amide bonds. The minimum atomic E-state index is -0.439. The largest absolute Gasteiger partial charge is 0.462 e. The molecule has 0 atom stereocenters. The zero-order chi connectivity index (χ0) is 18.9. The van der Waals surface area contributed by atoms with Gasteiger partial charge in [0.2, 0.25) is 5.91 Å². The Balaban J connectivity index is 1.82. The molecule has 0 saturated heterocycles. The highest BCUT2D eigenvalue weighted by Crippen LogP contribution is 2.24. The van der Waals surface area contributed by atoms with Gasteiger partial charge in [-0.05, 0) is 36.6 Å². The lowest BCUT2D eigenvalue weighted by Crippen LogP contribution is -2.13. The first-order valence-corrected chi connectivity index (χ1v) is 8.20. The fraction of sp³-hybridized carbons (Fsp3) is 0.190. The van der Waals surface area contributed by atoms with Gasteiger partial charge in [0.1, 0.15) is 0 Å². The molecule has 0 spiro atoms. The molecular formula is C21H20N2O3. The normalized spacial score (nSPS) is 9.85. The first kappa shape index (κ1) is 18.9. The molecule has 2 aromatic rings. The van der Waals surface area contributed by atoms with Gasteiger partial charge in [0.05, 0.1) is 13.2 Å². The van der Waals surface area contributed by atoms with E-state index in [4.69, 9.17) is 11.3 Å². The van der Waals surface area contributed by atoms with Crippen LogP contribution in [0.5, 0.6) is 0 Å². The van der Waals surface area contributed by atoms with Gasteiger partial charge in [-0.15, -0.1) is 0 Å². The summed E-state index contributed by atoms with van der Waals surface area (Å²) in [5.41, 5.74) is 3.67. The summed E-state index contributed by atoms with van der Waals surface area (Å²) in [5, 5.41) is 2.81. The average Bonchev–Trinajstić information content (AvgIpc) is 2.65. The fourth-order valence-electron chi connectivity index (χ4n) is 2.22. The predicted octanol–water partition coefficient (Wildman–Crippen LogP) is 4.74. The average molecular weight is 348 g/mol. The third-order valence-electron chi connectivity index (χ3n) is 3.63. The van der Waals surface area contributed by atoms with E-state index in [2.05, 4.69) is 16.7 Å². The molecule has 0 radical (unpaired) electrons. The van der Waals surface area contributed by atoms with Crippen LogP contribution in [0.25, 0.3) is 16.0 Å². The first-order chi connectivity index (χ1) is 12.5. The molecule has 0 fully saturated rings. The van der Waals surface area contributed by atoms with E-state index in [9.17, 15) is 9.59 Å². The number of rotatable bonds is 7. The Morgan fingerprint density at radius 1 is 1.08 bits per heavy atom. The van der Waals surface area contributed by atoms with E-state index in [0.29, 0.717) is 23.4 Å². The summed E-state index contributed by atoms with van der Waals surface area (Å²) in [6, 6.07) is 14.8. The van der Waals surface area contributed by atoms with Crippen LogP contribution in [0, 0.1) is 6.57 Å². The lowest BCUT2D eigenvalue weighted by molar-refractivity contribution is -0.139. The number of anilines is 1. The quantitative estimate of drug-likeness (QED) is 0.340. The van der Waals surface area contributed by atoms with Gasteiger partial charge in [-0.25, -0.2) is 9.64 Å². The third-order valence-corrected chi connectivity index (χ3v) is 3.63. The van der Waals surface area contributed by atoms with Gasteiger partial charge >= 0.3 is 5.97 Å². The smallest absolute Gasteiger partial charge is 0.333 e. The number of nitrogens with zero attached hydrogens (tertiary/aromatic N) is 1. The van der Waals surface area contributed by atoms with Crippen molar-refractivity contribution >= 4 is 23.3 Å². The summed E-state index contributed by atoms with van der Waals surface area (Å²) < 4.78 is 4.95. The second-order valence-corrected chi connectivity index (χ2v) is 5.80. The van der Waals surface area contributed by atoms with Crippen molar-refractivity contribution in [2.45, 2.75) is 19.8 Å². The molecular weight excluding hydrogens is 328 g/mol. The molecule has 5 nitrogen and oxygen atoms in total. The Bertz CT molecular complexity index is 831. The molecule has 0 bridgehead atoms. The Morgan fingerprint density at radius 2 is 1.65 bits per heavy atom. The van der Waals surface area contributed by atoms with Gasteiger partial charge < -0.3 is 10.1 Å². The highest BCUT2D eigenvalue weighted by molar-refractivity contribution is 5.91. The Morgan fingerprint density at radius 3 is 2.19 bits per heavy atom. The van der Waals surface area contributed by atoms with Crippen LogP contribution >= 0.6 is 0 Å². The summed E-state index contributed by atoms with van der Waals surface area (Å²) in [6.45, 7) is 12.2. The lowest BCUT2D eigenvalue weighted by Gasteiger charge is -2.08. The lowest BCUT2D eigenvalue weighted by atomic mass is 10.1. The zero-order valence-corrected chi connectivity index (χ0v) is 14.6. The molecule has 0 saturated carbocycles. The van der Waals surface area contributed by atoms with Crippen molar-refractivity contribution in [3.63, 3.8) is 0 Å². The third kappa shape index (κ3) is 5.60. The van der Waals surface area contributed by atoms with Crippen LogP contribution in [0.2, 0.25) is 0 Å². The van der Waals surface area contributed by atoms with Crippen molar-refractivity contribution in [3.8, 4) is 11.1 Å². The maximum absolute atomic E-state index is 11.9. The van der Waals surface area contributed by atoms with Gasteiger partial charge in [0, 0.05) is 17.7 Å². The van der Waals surface area contributed by atoms with Crippen LogP contribution in [-0.2, 0) is 14.3 Å². The van der Waals surface area contributed by atoms with Crippen LogP contribution in [0.15, 0.2) is 60.7 Å². The first-order valence-electron chi connectivity index (χ1n) is 8.20. The molecule has 0 aliphatic carbocycles. The molecule has 132 valence electrons. The van der Waals surface area contributed by atoms with E-state index in [1.165, 1.54) is 0 Å². The molecule has 5 heteroatoms. The summed E-state index contributed by atoms with van der Waals surface area (Å²) in [5.74, 6) is -0.573. The van der Waals surface area contributed by atoms with E-state index in [0.717, 1.165) is 11.1 Å². The molecule has 1 N–H and O–H groups in total. The van der Waals surface area contributed by atoms with Crippen molar-refractivity contribution in [1.82, 2.24) is 0 Å². The number of nitrogens with one attached hydrogen (secondary N) is 1. The van der Waals surface area contributed by atoms with E-state index in [1.54, 1.807) is 19.1 Å². The number of amides is 1. The van der Waals surface area contributed by atoms with Gasteiger partial charge in [0.25, 0.3) is 0 Å². The van der Waals surface area contributed by atoms with E-state index in [1.807, 2.05) is 36.4 Å². The number of esters is 1. The Hall–Kier alpha value is -3.39. The van der Waals surface area contributed by atoms with Gasteiger partial charge in [-0.3, -0.25) is 4.79 Å². The van der Waals surface area contributed by atoms with E-state index < -0.39 is 5.97 Å². The predicted molar refractivity (Wildman–Crippen MR) is 102 cm³/mol. The maximum atomic E-state index is 11.9. The number of carbonyl (C=O) groups excluding carboxylic acids is 2. The topological polar surface area (TPSA) is 59.8 Å². The highest BCUT2D eigenvalue weighted by Gasteiger charge is 2.06. The second kappa shape index (κ2) is 9.19. The van der Waals surface area contributed by atoms with Crippen molar-refractivity contribution < 1.29 is 14.3 Å². The SMILES string of the molecule is [C-]#[N+]c1ccc(-c2ccc(NC(=O)CCCOC(=O)C(=C)C)cc2)cc1. The standard InChI is InChI=1S/C21H20N2O3/c1-15(2)21(25)26-14-4-5-20(24)23-19-12-8-17(9-13-19)16-6-10-18(22-3)11-7-16/h6-13H,1,4-5,14H2,2H3,(H,23,24). The molecule has 0 unspecified atom stereocenters. The molecule has 0 aliphatic rings. The van der Waals surface area contributed by atoms with Crippen LogP contribution in [0.3, 0.4) is 0 Å². The Kier molecular flexibility index (Phi) is 6.69. The summed E-state index contributed by atoms with van der Waals surface area (Å²) in [4.78, 5) is 26.5. The monoisotopic (exact) mass is 348 g/mol. The van der Waals surface area contributed by atoms with Gasteiger partial charge in [0.15, 0.2) is 5.69 Å². The zero-order valence-electron chi connectivity index (χ0n) is 14.6. The second-order valence-electron chi connectivity index (χ2n) is 5.80. The van der Waals surface area contributed by atoms with Gasteiger partial charge in [-0.1, -0.05) is 43.0 Å². The minimum absolute atomic E-state index is 0.134. The highest BCUT2D eigenvalue weighted by atomic mass is 16.5. The van der Waals surface area contributed by atoms with E-state index in [-0.39, 0.29) is 18.9 Å². The summed E-state index contributed by atoms with van der Waals surface area (Å²) >= 11 is 0. The number of benzene rings is 2. The molecule has 26 heavy (non-hydrogen) atoms. The summed E-state index contributed by atoms with van der Waals surface area (Å²) in [6.07, 6.45) is 0.722. The molecule has 0 heterocycles. The van der Waals surface area contributed by atoms with Crippen LogP contribution in [-0.4, -0.2) is 18.5 Å². The van der Waals surface area contributed by atoms with Crippen LogP contribution < -0.4 is 5.32 Å². The molecule has 0 aliphatic heterocycles. The Labute approximate surface area is 153 Å². The van der Waals surface area contributed by atoms with Crippen molar-refractivity contribution in [3.05, 3.63) is 72.1 Å². The number of ether oxygens (including phenoxy) is 1. The number of hydrogen-bond donors (Lipinski definition) is 1. The fourth-order valence-corrected chi connectivity index (χ4v) is 2.22. The van der Waals surface area contributed by atoms with E-state index >= 15 is 0 Å². The van der Waals surface area contributed by atoms with Crippen LogP contribution in [0.4, 0.5) is 11.4 Å². The van der Waals surface area contributed by atoms with Crippen LogP contribution in [0.1, 0.15) is 19.8 Å². The molecule has 2 rings (SSSR count). The van der Waals surface area contributed by atoms with Crippen molar-refractivity contribution in [2.75, 3.05) is 11.9 Å². The molecule has 0 aromatic heterocycles. The number of carbonyl (C=O) groups is 2. The van der Waals surface area contributed by atoms with Gasteiger partial charge in [-0.2, -0.15) is 0 Å². The van der Waals surface area contributed by atoms with Crippen molar-refractivity contribution in [1.29, 1.82) is 0 Å². The molecule has 2 aromatic carbocycles. The maximum Gasteiger partial charge on any atom is 0.333 e. The minimum Gasteiger partial charge on any atom is -0.462 e. The summed E-state index contributed by atoms with van der Waals surface area (Å²) in [7, 11) is 0.